The van der Waals surface area contributed by atoms with Crippen LogP contribution in [0.4, 0.5) is 0 Å². The summed E-state index contributed by atoms with van der Waals surface area (Å²) in [7, 11) is 0. The minimum atomic E-state index is 0. The van der Waals surface area contributed by atoms with Crippen LogP contribution in [-0.2, 0) is 24.2 Å². The van der Waals surface area contributed by atoms with Gasteiger partial charge in [-0.1, -0.05) is 26.7 Å². The van der Waals surface area contributed by atoms with Crippen LogP contribution in [0.15, 0.2) is 0 Å². The molecule has 0 aromatic carbocycles. The maximum atomic E-state index is 5.31. The van der Waals surface area contributed by atoms with Crippen LogP contribution in [0, 0.1) is 0 Å². The van der Waals surface area contributed by atoms with Crippen LogP contribution in [0.1, 0.15) is 39.5 Å². The van der Waals surface area contributed by atoms with Crippen molar-refractivity contribution in [1.29, 1.82) is 0 Å². The van der Waals surface area contributed by atoms with E-state index in [9.17, 15) is 0 Å². The summed E-state index contributed by atoms with van der Waals surface area (Å²) in [5, 5.41) is 0. The largest absolute Gasteiger partial charge is 0.381 e. The maximum absolute atomic E-state index is 5.31. The molecule has 0 fully saturated rings. The van der Waals surface area contributed by atoms with Gasteiger partial charge in [0, 0.05) is 32.7 Å². The van der Waals surface area contributed by atoms with Crippen LogP contribution < -0.4 is 0 Å². The van der Waals surface area contributed by atoms with Crippen molar-refractivity contribution in [1.82, 2.24) is 0 Å². The Balaban J connectivity index is 0. The van der Waals surface area contributed by atoms with Crippen molar-refractivity contribution in [2.75, 3.05) is 13.2 Å². The number of hydrogen-bond acceptors (Lipinski definition) is 1. The number of ether oxygens (including phenoxy) is 1. The molecular formula is C8H18OZn. The maximum Gasteiger partial charge on any atom is 0.0465 e. The van der Waals surface area contributed by atoms with E-state index < -0.39 is 0 Å². The zero-order valence-corrected chi connectivity index (χ0v) is 10.3. The third-order valence-electron chi connectivity index (χ3n) is 1.28. The summed E-state index contributed by atoms with van der Waals surface area (Å²) in [4.78, 5) is 0. The van der Waals surface area contributed by atoms with Gasteiger partial charge in [-0.25, -0.2) is 0 Å². The predicted molar refractivity (Wildman–Crippen MR) is 40.6 cm³/mol. The molecule has 0 saturated heterocycles. The van der Waals surface area contributed by atoms with E-state index in [1.807, 2.05) is 0 Å². The molecule has 0 aliphatic rings. The second-order valence-corrected chi connectivity index (χ2v) is 2.32. The topological polar surface area (TPSA) is 9.23 Å². The molecular weight excluding hydrogens is 177 g/mol. The summed E-state index contributed by atoms with van der Waals surface area (Å²) in [5.74, 6) is 0. The number of rotatable bonds is 6. The van der Waals surface area contributed by atoms with Gasteiger partial charge in [0.25, 0.3) is 0 Å². The van der Waals surface area contributed by atoms with Crippen molar-refractivity contribution in [3.05, 3.63) is 0 Å². The van der Waals surface area contributed by atoms with Crippen LogP contribution in [-0.4, -0.2) is 13.2 Å². The molecule has 0 atom stereocenters. The summed E-state index contributed by atoms with van der Waals surface area (Å²) in [6, 6.07) is 0. The van der Waals surface area contributed by atoms with E-state index in [0.29, 0.717) is 0 Å². The van der Waals surface area contributed by atoms with E-state index in [0.717, 1.165) is 13.2 Å². The van der Waals surface area contributed by atoms with Gasteiger partial charge < -0.3 is 4.74 Å². The minimum Gasteiger partial charge on any atom is -0.381 e. The smallest absolute Gasteiger partial charge is 0.0465 e. The second-order valence-electron chi connectivity index (χ2n) is 2.32. The molecule has 0 radical (unpaired) electrons. The van der Waals surface area contributed by atoms with E-state index in [4.69, 9.17) is 4.74 Å². The molecule has 0 heterocycles. The van der Waals surface area contributed by atoms with Crippen molar-refractivity contribution in [2.45, 2.75) is 39.5 Å². The van der Waals surface area contributed by atoms with Gasteiger partial charge in [-0.3, -0.25) is 0 Å². The Bertz CT molecular complexity index is 42.5. The average molecular weight is 196 g/mol. The van der Waals surface area contributed by atoms with E-state index in [2.05, 4.69) is 13.8 Å². The van der Waals surface area contributed by atoms with Crippen molar-refractivity contribution in [2.24, 2.45) is 0 Å². The molecule has 0 aromatic rings. The molecule has 58 valence electrons. The molecule has 0 aliphatic carbocycles. The summed E-state index contributed by atoms with van der Waals surface area (Å²) in [6.07, 6.45) is 4.91. The fraction of sp³-hybridized carbons (Fsp3) is 1.00. The molecule has 0 aromatic heterocycles. The zero-order valence-electron chi connectivity index (χ0n) is 7.36. The van der Waals surface area contributed by atoms with Crippen LogP contribution in [0.3, 0.4) is 0 Å². The first-order chi connectivity index (χ1) is 4.41. The first kappa shape index (κ1) is 13.2. The van der Waals surface area contributed by atoms with Gasteiger partial charge in [-0.15, -0.1) is 0 Å². The Morgan fingerprint density at radius 1 is 0.900 bits per heavy atom. The Labute approximate surface area is 77.3 Å². The van der Waals surface area contributed by atoms with E-state index >= 15 is 0 Å². The molecule has 0 aliphatic heterocycles. The van der Waals surface area contributed by atoms with Gasteiger partial charge >= 0.3 is 0 Å². The van der Waals surface area contributed by atoms with Crippen molar-refractivity contribution >= 4 is 0 Å². The Kier molecular flexibility index (Phi) is 16.2. The standard InChI is InChI=1S/C8H18O.Zn/c1-3-5-7-9-8-6-4-2;/h3-8H2,1-2H3;. The minimum absolute atomic E-state index is 0. The summed E-state index contributed by atoms with van der Waals surface area (Å²) < 4.78 is 5.31. The number of hydrogen-bond donors (Lipinski definition) is 0. The SMILES string of the molecule is CCCCOCCCC.[Zn]. The third kappa shape index (κ3) is 11.4. The first-order valence-electron chi connectivity index (χ1n) is 3.99. The molecule has 2 heteroatoms. The fourth-order valence-electron chi connectivity index (χ4n) is 0.595. The van der Waals surface area contributed by atoms with Crippen molar-refractivity contribution < 1.29 is 24.2 Å². The molecule has 0 N–H and O–H groups in total. The van der Waals surface area contributed by atoms with Gasteiger partial charge in [0.15, 0.2) is 0 Å². The first-order valence-corrected chi connectivity index (χ1v) is 3.99. The van der Waals surface area contributed by atoms with Crippen LogP contribution >= 0.6 is 0 Å². The molecule has 10 heavy (non-hydrogen) atoms. The molecule has 0 saturated carbocycles. The molecule has 0 spiro atoms. The van der Waals surface area contributed by atoms with Gasteiger partial charge in [0.1, 0.15) is 0 Å². The normalized spacial score (nSPS) is 9.00. The summed E-state index contributed by atoms with van der Waals surface area (Å²) in [6.45, 7) is 6.28. The zero-order chi connectivity index (χ0) is 6.95. The van der Waals surface area contributed by atoms with Gasteiger partial charge in [-0.2, -0.15) is 0 Å². The van der Waals surface area contributed by atoms with E-state index in [1.165, 1.54) is 25.7 Å². The summed E-state index contributed by atoms with van der Waals surface area (Å²) in [5.41, 5.74) is 0. The predicted octanol–water partition coefficient (Wildman–Crippen LogP) is 2.60. The van der Waals surface area contributed by atoms with E-state index in [-0.39, 0.29) is 19.5 Å². The Morgan fingerprint density at radius 3 is 1.60 bits per heavy atom. The third-order valence-corrected chi connectivity index (χ3v) is 1.28. The Morgan fingerprint density at radius 2 is 1.30 bits per heavy atom. The van der Waals surface area contributed by atoms with Crippen molar-refractivity contribution in [3.8, 4) is 0 Å². The second kappa shape index (κ2) is 12.3. The van der Waals surface area contributed by atoms with Crippen LogP contribution in [0.5, 0.6) is 0 Å². The monoisotopic (exact) mass is 194 g/mol. The summed E-state index contributed by atoms with van der Waals surface area (Å²) >= 11 is 0. The quantitative estimate of drug-likeness (QED) is 0.468. The molecule has 0 rings (SSSR count). The van der Waals surface area contributed by atoms with Crippen LogP contribution in [0.25, 0.3) is 0 Å². The van der Waals surface area contributed by atoms with Gasteiger partial charge in [-0.05, 0) is 12.8 Å². The Hall–Kier alpha value is 0.583. The van der Waals surface area contributed by atoms with Gasteiger partial charge in [0.2, 0.25) is 0 Å². The number of unbranched alkanes of at least 4 members (excludes halogenated alkanes) is 2. The molecule has 1 nitrogen and oxygen atoms in total. The van der Waals surface area contributed by atoms with Gasteiger partial charge in [0.05, 0.1) is 0 Å². The fourth-order valence-corrected chi connectivity index (χ4v) is 0.595. The van der Waals surface area contributed by atoms with Crippen LogP contribution in [0.2, 0.25) is 0 Å². The molecule has 0 unspecified atom stereocenters. The molecule has 0 bridgehead atoms. The average Bonchev–Trinajstić information content (AvgIpc) is 1.89. The van der Waals surface area contributed by atoms with Crippen molar-refractivity contribution in [3.63, 3.8) is 0 Å². The molecule has 0 amide bonds. The van der Waals surface area contributed by atoms with E-state index in [1.54, 1.807) is 0 Å².